The van der Waals surface area contributed by atoms with Crippen molar-refractivity contribution >= 4 is 34.2 Å². The Morgan fingerprint density at radius 3 is 2.57 bits per heavy atom. The molecule has 0 bridgehead atoms. The summed E-state index contributed by atoms with van der Waals surface area (Å²) in [6, 6.07) is 4.13. The molecule has 28 heavy (non-hydrogen) atoms. The lowest BCUT2D eigenvalue weighted by Gasteiger charge is -2.14. The Balaban J connectivity index is 1.79. The van der Waals surface area contributed by atoms with E-state index in [1.807, 2.05) is 43.8 Å². The minimum atomic E-state index is -0.0503. The molecule has 0 radical (unpaired) electrons. The number of nitrogens with one attached hydrogen (secondary N) is 1. The van der Waals surface area contributed by atoms with E-state index >= 15 is 0 Å². The van der Waals surface area contributed by atoms with E-state index in [0.29, 0.717) is 23.6 Å². The highest BCUT2D eigenvalue weighted by Crippen LogP contribution is 2.28. The molecule has 148 valence electrons. The number of aryl methyl sites for hydroxylation is 4. The van der Waals surface area contributed by atoms with Gasteiger partial charge in [-0.15, -0.1) is 0 Å². The molecule has 0 aliphatic rings. The molecule has 0 aliphatic heterocycles. The van der Waals surface area contributed by atoms with Gasteiger partial charge < -0.3 is 5.32 Å². The molecule has 2 aromatic heterocycles. The Kier molecular flexibility index (Phi) is 5.75. The lowest BCUT2D eigenvalue weighted by Crippen LogP contribution is -2.14. The summed E-state index contributed by atoms with van der Waals surface area (Å²) in [6.07, 6.45) is 2.87. The van der Waals surface area contributed by atoms with Gasteiger partial charge in [-0.1, -0.05) is 17.7 Å². The Morgan fingerprint density at radius 1 is 1.21 bits per heavy atom. The summed E-state index contributed by atoms with van der Waals surface area (Å²) < 4.78 is 1.94. The molecular formula is C22H27ClN4O. The largest absolute Gasteiger partial charge is 0.325 e. The summed E-state index contributed by atoms with van der Waals surface area (Å²) in [6.45, 7) is 12.2. The molecule has 3 aromatic rings. The van der Waals surface area contributed by atoms with Crippen molar-refractivity contribution in [3.8, 4) is 0 Å². The van der Waals surface area contributed by atoms with Crippen molar-refractivity contribution in [2.45, 2.75) is 60.4 Å². The number of carbonyl (C=O) groups is 1. The van der Waals surface area contributed by atoms with Crippen molar-refractivity contribution in [3.05, 3.63) is 51.3 Å². The Labute approximate surface area is 171 Å². The summed E-state index contributed by atoms with van der Waals surface area (Å²) in [7, 11) is 0. The van der Waals surface area contributed by atoms with E-state index in [4.69, 9.17) is 16.6 Å². The highest BCUT2D eigenvalue weighted by Gasteiger charge is 2.16. The quantitative estimate of drug-likeness (QED) is 0.619. The number of fused-ring (bicyclic) bond motifs is 1. The highest BCUT2D eigenvalue weighted by molar-refractivity contribution is 6.34. The van der Waals surface area contributed by atoms with Crippen LogP contribution in [0.4, 0.5) is 5.69 Å². The Morgan fingerprint density at radius 2 is 1.93 bits per heavy atom. The molecule has 6 heteroatoms. The molecule has 0 saturated heterocycles. The third-order valence-corrected chi connectivity index (χ3v) is 5.42. The van der Waals surface area contributed by atoms with Gasteiger partial charge >= 0.3 is 0 Å². The molecule has 0 spiro atoms. The topological polar surface area (TPSA) is 59.8 Å². The maximum absolute atomic E-state index is 12.5. The number of amides is 1. The lowest BCUT2D eigenvalue weighted by atomic mass is 10.00. The van der Waals surface area contributed by atoms with Crippen LogP contribution in [-0.4, -0.2) is 20.7 Å². The minimum Gasteiger partial charge on any atom is -0.325 e. The highest BCUT2D eigenvalue weighted by atomic mass is 35.5. The summed E-state index contributed by atoms with van der Waals surface area (Å²) >= 11 is 6.31. The number of anilines is 1. The fourth-order valence-corrected chi connectivity index (χ4v) is 4.02. The average Bonchev–Trinajstić information content (AvgIpc) is 3.02. The van der Waals surface area contributed by atoms with Gasteiger partial charge in [0.15, 0.2) is 5.65 Å². The predicted molar refractivity (Wildman–Crippen MR) is 115 cm³/mol. The van der Waals surface area contributed by atoms with Crippen LogP contribution < -0.4 is 5.32 Å². The standard InChI is InChI=1S/C22H27ClN4O/c1-12(2)27-22-18(11-24-27)15(5)17(16(6)25-22)7-8-20(28)26-21-14(4)9-13(3)10-19(21)23/h9-12H,7-8H2,1-6H3,(H,26,28). The summed E-state index contributed by atoms with van der Waals surface area (Å²) in [5.41, 5.74) is 6.84. The second-order valence-electron chi connectivity index (χ2n) is 7.71. The van der Waals surface area contributed by atoms with Crippen LogP contribution in [0.2, 0.25) is 5.02 Å². The molecule has 2 heterocycles. The Bertz CT molecular complexity index is 1030. The number of rotatable bonds is 5. The molecule has 0 saturated carbocycles. The zero-order valence-corrected chi connectivity index (χ0v) is 18.1. The molecule has 0 unspecified atom stereocenters. The van der Waals surface area contributed by atoms with E-state index in [2.05, 4.69) is 31.2 Å². The third kappa shape index (κ3) is 3.90. The van der Waals surface area contributed by atoms with E-state index in [-0.39, 0.29) is 11.9 Å². The van der Waals surface area contributed by atoms with Crippen LogP contribution in [0.1, 0.15) is 54.3 Å². The number of halogens is 1. The maximum atomic E-state index is 12.5. The Hall–Kier alpha value is -2.40. The van der Waals surface area contributed by atoms with Gasteiger partial charge in [-0.2, -0.15) is 5.10 Å². The number of hydrogen-bond acceptors (Lipinski definition) is 3. The van der Waals surface area contributed by atoms with Crippen LogP contribution in [-0.2, 0) is 11.2 Å². The second-order valence-corrected chi connectivity index (χ2v) is 8.11. The number of carbonyl (C=O) groups excluding carboxylic acids is 1. The van der Waals surface area contributed by atoms with Gasteiger partial charge in [0.2, 0.25) is 5.91 Å². The smallest absolute Gasteiger partial charge is 0.224 e. The molecule has 1 amide bonds. The van der Waals surface area contributed by atoms with Crippen LogP contribution in [0.3, 0.4) is 0 Å². The van der Waals surface area contributed by atoms with Crippen molar-refractivity contribution < 1.29 is 4.79 Å². The average molecular weight is 399 g/mol. The number of pyridine rings is 1. The summed E-state index contributed by atoms with van der Waals surface area (Å²) in [4.78, 5) is 17.3. The van der Waals surface area contributed by atoms with E-state index in [9.17, 15) is 4.79 Å². The van der Waals surface area contributed by atoms with Crippen LogP contribution in [0.15, 0.2) is 18.3 Å². The van der Waals surface area contributed by atoms with Gasteiger partial charge in [0, 0.05) is 23.5 Å². The van der Waals surface area contributed by atoms with Gasteiger partial charge in [0.25, 0.3) is 0 Å². The van der Waals surface area contributed by atoms with Crippen LogP contribution in [0.25, 0.3) is 11.0 Å². The SMILES string of the molecule is Cc1cc(C)c(NC(=O)CCc2c(C)nc3c(cnn3C(C)C)c2C)c(Cl)c1. The third-order valence-electron chi connectivity index (χ3n) is 5.12. The monoisotopic (exact) mass is 398 g/mol. The first-order chi connectivity index (χ1) is 13.2. The number of hydrogen-bond donors (Lipinski definition) is 1. The number of benzene rings is 1. The normalized spacial score (nSPS) is 11.4. The van der Waals surface area contributed by atoms with Crippen LogP contribution >= 0.6 is 11.6 Å². The van der Waals surface area contributed by atoms with Crippen LogP contribution in [0, 0.1) is 27.7 Å². The summed E-state index contributed by atoms with van der Waals surface area (Å²) in [5, 5.41) is 9.06. The zero-order valence-electron chi connectivity index (χ0n) is 17.4. The molecular weight excluding hydrogens is 372 g/mol. The van der Waals surface area contributed by atoms with Gasteiger partial charge in [0.1, 0.15) is 0 Å². The number of aromatic nitrogens is 3. The van der Waals surface area contributed by atoms with E-state index in [1.165, 1.54) is 0 Å². The lowest BCUT2D eigenvalue weighted by molar-refractivity contribution is -0.116. The first kappa shape index (κ1) is 20.3. The van der Waals surface area contributed by atoms with Crippen LogP contribution in [0.5, 0.6) is 0 Å². The molecule has 5 nitrogen and oxygen atoms in total. The van der Waals surface area contributed by atoms with Gasteiger partial charge in [-0.05, 0) is 76.3 Å². The zero-order chi connectivity index (χ0) is 20.6. The van der Waals surface area contributed by atoms with E-state index in [1.54, 1.807) is 0 Å². The van der Waals surface area contributed by atoms with Crippen molar-refractivity contribution in [2.75, 3.05) is 5.32 Å². The maximum Gasteiger partial charge on any atom is 0.224 e. The molecule has 0 atom stereocenters. The molecule has 0 fully saturated rings. The predicted octanol–water partition coefficient (Wildman–Crippen LogP) is 5.47. The number of nitrogens with zero attached hydrogens (tertiary/aromatic N) is 3. The second kappa shape index (κ2) is 7.92. The van der Waals surface area contributed by atoms with E-state index in [0.717, 1.165) is 39.0 Å². The van der Waals surface area contributed by atoms with Gasteiger partial charge in [-0.25, -0.2) is 9.67 Å². The minimum absolute atomic E-state index is 0.0503. The van der Waals surface area contributed by atoms with Crippen molar-refractivity contribution in [2.24, 2.45) is 0 Å². The van der Waals surface area contributed by atoms with Crippen molar-refractivity contribution in [1.82, 2.24) is 14.8 Å². The molecule has 1 aromatic carbocycles. The van der Waals surface area contributed by atoms with E-state index < -0.39 is 0 Å². The summed E-state index contributed by atoms with van der Waals surface area (Å²) in [5.74, 6) is -0.0503. The molecule has 0 aliphatic carbocycles. The first-order valence-electron chi connectivity index (χ1n) is 9.59. The fraction of sp³-hybridized carbons (Fsp3) is 0.409. The van der Waals surface area contributed by atoms with Crippen molar-refractivity contribution in [1.29, 1.82) is 0 Å². The first-order valence-corrected chi connectivity index (χ1v) is 9.96. The molecule has 3 rings (SSSR count). The molecule has 1 N–H and O–H groups in total. The van der Waals surface area contributed by atoms with Gasteiger partial charge in [0.05, 0.1) is 16.9 Å². The van der Waals surface area contributed by atoms with Crippen molar-refractivity contribution in [3.63, 3.8) is 0 Å². The fourth-order valence-electron chi connectivity index (χ4n) is 3.65. The van der Waals surface area contributed by atoms with Gasteiger partial charge in [-0.3, -0.25) is 4.79 Å².